The predicted octanol–water partition coefficient (Wildman–Crippen LogP) is 4.10. The second-order valence-corrected chi connectivity index (χ2v) is 6.75. The van der Waals surface area contributed by atoms with Gasteiger partial charge >= 0.3 is 0 Å². The lowest BCUT2D eigenvalue weighted by atomic mass is 10.0. The van der Waals surface area contributed by atoms with Crippen molar-refractivity contribution >= 4 is 22.5 Å². The zero-order chi connectivity index (χ0) is 20.5. The molecule has 30 heavy (non-hydrogen) atoms. The van der Waals surface area contributed by atoms with Gasteiger partial charge in [-0.3, -0.25) is 4.40 Å². The van der Waals surface area contributed by atoms with Gasteiger partial charge in [-0.15, -0.1) is 0 Å². The zero-order valence-electron chi connectivity index (χ0n) is 16.1. The Balaban J connectivity index is 1.53. The second-order valence-electron chi connectivity index (χ2n) is 6.75. The number of fused-ring (bicyclic) bond motifs is 2. The summed E-state index contributed by atoms with van der Waals surface area (Å²) in [5.41, 5.74) is 3.44. The zero-order valence-corrected chi connectivity index (χ0v) is 16.1. The Kier molecular flexibility index (Phi) is 4.44. The van der Waals surface area contributed by atoms with Gasteiger partial charge in [-0.25, -0.2) is 24.3 Å². The molecule has 0 atom stereocenters. The molecule has 2 aromatic carbocycles. The maximum absolute atomic E-state index is 13.3. The molecule has 148 valence electrons. The largest absolute Gasteiger partial charge is 0.494 e. The van der Waals surface area contributed by atoms with Gasteiger partial charge in [-0.05, 0) is 35.4 Å². The van der Waals surface area contributed by atoms with Crippen molar-refractivity contribution in [2.75, 3.05) is 12.4 Å². The molecule has 0 spiro atoms. The van der Waals surface area contributed by atoms with Crippen LogP contribution >= 0.6 is 0 Å². The number of halogens is 1. The highest BCUT2D eigenvalue weighted by atomic mass is 19.1. The lowest BCUT2D eigenvalue weighted by Gasteiger charge is -2.13. The topological polar surface area (TPSA) is 77.2 Å². The molecule has 0 saturated carbocycles. The Labute approximate surface area is 171 Å². The van der Waals surface area contributed by atoms with E-state index in [1.165, 1.54) is 18.5 Å². The number of nitrogens with one attached hydrogen (secondary N) is 1. The Hall–Kier alpha value is -4.07. The third-order valence-corrected chi connectivity index (χ3v) is 4.86. The van der Waals surface area contributed by atoms with Crippen LogP contribution < -0.4 is 10.1 Å². The Morgan fingerprint density at radius 2 is 1.90 bits per heavy atom. The minimum absolute atomic E-state index is 0.277. The smallest absolute Gasteiger partial charge is 0.233 e. The SMILES string of the molecule is COc1cc(-c2ccc(F)cc2)cc2c(NCc3cnc4nccn4c3)ncnc12. The molecule has 7 nitrogen and oxygen atoms in total. The molecular formula is C22H17FN6O. The van der Waals surface area contributed by atoms with Crippen molar-refractivity contribution < 1.29 is 9.13 Å². The van der Waals surface area contributed by atoms with Gasteiger partial charge in [0.15, 0.2) is 0 Å². The van der Waals surface area contributed by atoms with Gasteiger partial charge in [0, 0.05) is 42.3 Å². The number of aromatic nitrogens is 5. The third kappa shape index (κ3) is 3.28. The van der Waals surface area contributed by atoms with Crippen LogP contribution in [0.15, 0.2) is 67.5 Å². The molecule has 0 unspecified atom stereocenters. The Bertz CT molecular complexity index is 1350. The molecule has 0 amide bonds. The third-order valence-electron chi connectivity index (χ3n) is 4.86. The van der Waals surface area contributed by atoms with Crippen molar-refractivity contribution in [3.8, 4) is 16.9 Å². The van der Waals surface area contributed by atoms with Gasteiger partial charge in [-0.2, -0.15) is 0 Å². The van der Waals surface area contributed by atoms with E-state index in [1.807, 2.05) is 28.9 Å². The first kappa shape index (κ1) is 18.0. The number of hydrogen-bond acceptors (Lipinski definition) is 6. The number of ether oxygens (including phenoxy) is 1. The lowest BCUT2D eigenvalue weighted by Crippen LogP contribution is -2.05. The molecule has 3 heterocycles. The van der Waals surface area contributed by atoms with Crippen LogP contribution in [0, 0.1) is 5.82 Å². The fourth-order valence-corrected chi connectivity index (χ4v) is 3.38. The van der Waals surface area contributed by atoms with Crippen molar-refractivity contribution in [1.29, 1.82) is 0 Å². The molecule has 5 rings (SSSR count). The maximum atomic E-state index is 13.3. The average molecular weight is 400 g/mol. The Morgan fingerprint density at radius 3 is 2.73 bits per heavy atom. The summed E-state index contributed by atoms with van der Waals surface area (Å²) in [4.78, 5) is 17.3. The lowest BCUT2D eigenvalue weighted by molar-refractivity contribution is 0.419. The van der Waals surface area contributed by atoms with Crippen LogP contribution in [0.3, 0.4) is 0 Å². The summed E-state index contributed by atoms with van der Waals surface area (Å²) in [6, 6.07) is 10.2. The number of rotatable bonds is 5. The molecule has 0 fully saturated rings. The van der Waals surface area contributed by atoms with Crippen molar-refractivity contribution in [3.05, 3.63) is 78.9 Å². The number of imidazole rings is 1. The van der Waals surface area contributed by atoms with E-state index in [0.29, 0.717) is 29.4 Å². The summed E-state index contributed by atoms with van der Waals surface area (Å²) in [5.74, 6) is 1.67. The summed E-state index contributed by atoms with van der Waals surface area (Å²) in [6.45, 7) is 0.524. The first-order valence-electron chi connectivity index (χ1n) is 9.31. The fraction of sp³-hybridized carbons (Fsp3) is 0.0909. The van der Waals surface area contributed by atoms with Crippen LogP contribution in [0.2, 0.25) is 0 Å². The first-order valence-corrected chi connectivity index (χ1v) is 9.31. The van der Waals surface area contributed by atoms with Crippen LogP contribution in [-0.2, 0) is 6.54 Å². The number of benzene rings is 2. The average Bonchev–Trinajstić information content (AvgIpc) is 3.25. The standard InChI is InChI=1S/C22H17FN6O/c1-30-19-9-16(15-2-4-17(23)5-3-15)8-18-20(19)27-13-28-21(18)25-10-14-11-26-22-24-6-7-29(22)12-14/h2-9,11-13H,10H2,1H3,(H,25,27,28). The number of nitrogens with zero attached hydrogens (tertiary/aromatic N) is 5. The normalized spacial score (nSPS) is 11.1. The van der Waals surface area contributed by atoms with Crippen molar-refractivity contribution in [3.63, 3.8) is 0 Å². The van der Waals surface area contributed by atoms with Crippen LogP contribution in [-0.4, -0.2) is 31.4 Å². The minimum Gasteiger partial charge on any atom is -0.494 e. The molecule has 3 aromatic heterocycles. The molecule has 0 bridgehead atoms. The van der Waals surface area contributed by atoms with E-state index in [2.05, 4.69) is 25.3 Å². The van der Waals surface area contributed by atoms with Crippen molar-refractivity contribution in [2.24, 2.45) is 0 Å². The van der Waals surface area contributed by atoms with Gasteiger partial charge in [0.25, 0.3) is 0 Å². The number of hydrogen-bond donors (Lipinski definition) is 1. The van der Waals surface area contributed by atoms with E-state index in [4.69, 9.17) is 4.74 Å². The fourth-order valence-electron chi connectivity index (χ4n) is 3.38. The molecule has 0 aliphatic carbocycles. The van der Waals surface area contributed by atoms with Crippen LogP contribution in [0.4, 0.5) is 10.2 Å². The molecular weight excluding hydrogens is 383 g/mol. The summed E-state index contributed by atoms with van der Waals surface area (Å²) < 4.78 is 20.8. The highest BCUT2D eigenvalue weighted by molar-refractivity contribution is 5.96. The summed E-state index contributed by atoms with van der Waals surface area (Å²) in [5, 5.41) is 4.17. The molecule has 0 radical (unpaired) electrons. The first-order chi connectivity index (χ1) is 14.7. The summed E-state index contributed by atoms with van der Waals surface area (Å²) in [6.07, 6.45) is 8.81. The highest BCUT2D eigenvalue weighted by Crippen LogP contribution is 2.34. The van der Waals surface area contributed by atoms with E-state index in [-0.39, 0.29) is 5.82 Å². The molecule has 0 aliphatic rings. The quantitative estimate of drug-likeness (QED) is 0.479. The van der Waals surface area contributed by atoms with Gasteiger partial charge in [0.1, 0.15) is 29.2 Å². The van der Waals surface area contributed by atoms with Crippen LogP contribution in [0.1, 0.15) is 5.56 Å². The summed E-state index contributed by atoms with van der Waals surface area (Å²) in [7, 11) is 1.60. The second kappa shape index (κ2) is 7.40. The molecule has 0 aliphatic heterocycles. The van der Waals surface area contributed by atoms with E-state index in [0.717, 1.165) is 22.1 Å². The molecule has 0 saturated heterocycles. The van der Waals surface area contributed by atoms with Crippen molar-refractivity contribution in [1.82, 2.24) is 24.3 Å². The number of methoxy groups -OCH3 is 1. The van der Waals surface area contributed by atoms with Gasteiger partial charge in [0.2, 0.25) is 5.78 Å². The van der Waals surface area contributed by atoms with Gasteiger partial charge in [-0.1, -0.05) is 12.1 Å². The monoisotopic (exact) mass is 400 g/mol. The van der Waals surface area contributed by atoms with Gasteiger partial charge in [0.05, 0.1) is 7.11 Å². The molecule has 5 aromatic rings. The predicted molar refractivity (Wildman–Crippen MR) is 112 cm³/mol. The Morgan fingerprint density at radius 1 is 1.03 bits per heavy atom. The van der Waals surface area contributed by atoms with E-state index >= 15 is 0 Å². The number of anilines is 1. The van der Waals surface area contributed by atoms with Gasteiger partial charge < -0.3 is 10.1 Å². The van der Waals surface area contributed by atoms with Crippen molar-refractivity contribution in [2.45, 2.75) is 6.54 Å². The van der Waals surface area contributed by atoms with Crippen LogP contribution in [0.25, 0.3) is 27.8 Å². The van der Waals surface area contributed by atoms with E-state index < -0.39 is 0 Å². The minimum atomic E-state index is -0.277. The highest BCUT2D eigenvalue weighted by Gasteiger charge is 2.12. The summed E-state index contributed by atoms with van der Waals surface area (Å²) >= 11 is 0. The molecule has 8 heteroatoms. The maximum Gasteiger partial charge on any atom is 0.233 e. The van der Waals surface area contributed by atoms with E-state index in [1.54, 1.807) is 31.6 Å². The van der Waals surface area contributed by atoms with Crippen LogP contribution in [0.5, 0.6) is 5.75 Å². The molecule has 1 N–H and O–H groups in total. The van der Waals surface area contributed by atoms with E-state index in [9.17, 15) is 4.39 Å².